The fourth-order valence-corrected chi connectivity index (χ4v) is 4.28. The summed E-state index contributed by atoms with van der Waals surface area (Å²) in [6.07, 6.45) is 0.822. The van der Waals surface area contributed by atoms with E-state index in [0.29, 0.717) is 11.4 Å². The Labute approximate surface area is 173 Å². The summed E-state index contributed by atoms with van der Waals surface area (Å²) >= 11 is 6.20. The Kier molecular flexibility index (Phi) is 7.89. The third-order valence-corrected chi connectivity index (χ3v) is 5.96. The van der Waals surface area contributed by atoms with Crippen LogP contribution in [0.2, 0.25) is 5.15 Å². The van der Waals surface area contributed by atoms with Crippen LogP contribution in [0.4, 0.5) is 18.9 Å². The van der Waals surface area contributed by atoms with Crippen molar-refractivity contribution in [1.82, 2.24) is 14.8 Å². The Morgan fingerprint density at radius 2 is 2.17 bits per heavy atom. The molecule has 0 bridgehead atoms. The predicted octanol–water partition coefficient (Wildman–Crippen LogP) is 3.29. The van der Waals surface area contributed by atoms with Crippen molar-refractivity contribution >= 4 is 39.7 Å². The van der Waals surface area contributed by atoms with E-state index in [1.807, 2.05) is 0 Å². The molecule has 2 heterocycles. The van der Waals surface area contributed by atoms with Crippen LogP contribution in [0.1, 0.15) is 20.3 Å². The maximum atomic E-state index is 12.8. The van der Waals surface area contributed by atoms with E-state index in [1.165, 1.54) is 28.9 Å². The van der Waals surface area contributed by atoms with Gasteiger partial charge in [-0.3, -0.25) is 19.3 Å². The molecule has 1 N–H and O–H groups in total. The molecule has 7 nitrogen and oxygen atoms in total. The molecule has 1 aromatic rings. The lowest BCUT2D eigenvalue weighted by atomic mass is 10.2. The van der Waals surface area contributed by atoms with E-state index in [-0.39, 0.29) is 24.0 Å². The van der Waals surface area contributed by atoms with Crippen molar-refractivity contribution < 1.29 is 27.4 Å². The minimum absolute atomic E-state index is 0.0607. The van der Waals surface area contributed by atoms with Crippen LogP contribution < -0.4 is 4.90 Å². The van der Waals surface area contributed by atoms with E-state index in [4.69, 9.17) is 11.6 Å². The fourth-order valence-electron chi connectivity index (χ4n) is 2.72. The van der Waals surface area contributed by atoms with Gasteiger partial charge in [-0.2, -0.15) is 18.3 Å². The minimum atomic E-state index is -4.38. The zero-order chi connectivity index (χ0) is 21.8. The second kappa shape index (κ2) is 9.77. The van der Waals surface area contributed by atoms with Crippen LogP contribution in [-0.2, 0) is 15.6 Å². The number of amides is 1. The van der Waals surface area contributed by atoms with Gasteiger partial charge in [0, 0.05) is 41.0 Å². The molecule has 0 spiro atoms. The summed E-state index contributed by atoms with van der Waals surface area (Å²) in [5.41, 5.74) is 0.944. The monoisotopic (exact) mass is 454 g/mol. The molecule has 12 heteroatoms. The van der Waals surface area contributed by atoms with Gasteiger partial charge < -0.3 is 4.90 Å². The van der Waals surface area contributed by atoms with E-state index < -0.39 is 41.0 Å². The van der Waals surface area contributed by atoms with Gasteiger partial charge in [-0.05, 0) is 19.1 Å². The van der Waals surface area contributed by atoms with Crippen LogP contribution in [0, 0.1) is 5.92 Å². The summed E-state index contributed by atoms with van der Waals surface area (Å²) in [4.78, 5) is 14.2. The van der Waals surface area contributed by atoms with Crippen LogP contribution >= 0.6 is 11.6 Å². The third-order valence-electron chi connectivity index (χ3n) is 4.16. The zero-order valence-electron chi connectivity index (χ0n) is 15.9. The molecule has 162 valence electrons. The molecule has 1 aliphatic rings. The van der Waals surface area contributed by atoms with Crippen molar-refractivity contribution in [3.8, 4) is 0 Å². The van der Waals surface area contributed by atoms with Crippen LogP contribution in [0.15, 0.2) is 24.5 Å². The number of halogens is 4. The van der Waals surface area contributed by atoms with Crippen molar-refractivity contribution in [2.75, 3.05) is 29.5 Å². The molecule has 1 aliphatic heterocycles. The first-order chi connectivity index (χ1) is 13.5. The Morgan fingerprint density at radius 1 is 1.48 bits per heavy atom. The number of aromatic nitrogens is 2. The normalized spacial score (nSPS) is 16.5. The highest BCUT2D eigenvalue weighted by Gasteiger charge is 2.30. The van der Waals surface area contributed by atoms with Crippen molar-refractivity contribution in [3.63, 3.8) is 0 Å². The van der Waals surface area contributed by atoms with Crippen LogP contribution in [0.3, 0.4) is 0 Å². The van der Waals surface area contributed by atoms with Gasteiger partial charge in [-0.1, -0.05) is 18.5 Å². The molecule has 0 aromatic carbocycles. The number of carbonyl (C=O) groups excluding carboxylic acids is 1. The molecule has 0 radical (unpaired) electrons. The maximum absolute atomic E-state index is 12.8. The molecule has 0 saturated carbocycles. The molecule has 1 amide bonds. The van der Waals surface area contributed by atoms with E-state index >= 15 is 0 Å². The number of hydrogen-bond acceptors (Lipinski definition) is 5. The lowest BCUT2D eigenvalue weighted by Gasteiger charge is -2.23. The van der Waals surface area contributed by atoms with Gasteiger partial charge in [0.05, 0.1) is 24.9 Å². The van der Waals surface area contributed by atoms with Gasteiger partial charge >= 0.3 is 6.18 Å². The Bertz CT molecular complexity index is 825. The topological polar surface area (TPSA) is 78.7 Å². The number of anilines is 1. The van der Waals surface area contributed by atoms with Gasteiger partial charge in [0.15, 0.2) is 5.15 Å². The van der Waals surface area contributed by atoms with Crippen LogP contribution in [0.25, 0.3) is 5.70 Å². The molecule has 2 rings (SSSR count). The Balaban J connectivity index is 2.10. The Morgan fingerprint density at radius 3 is 2.76 bits per heavy atom. The summed E-state index contributed by atoms with van der Waals surface area (Å²) in [6, 6.07) is 0. The first kappa shape index (κ1) is 23.4. The van der Waals surface area contributed by atoms with Crippen molar-refractivity contribution in [3.05, 3.63) is 29.7 Å². The first-order valence-corrected chi connectivity index (χ1v) is 10.7. The van der Waals surface area contributed by atoms with Gasteiger partial charge in [-0.15, -0.1) is 0 Å². The van der Waals surface area contributed by atoms with Crippen molar-refractivity contribution in [2.24, 2.45) is 5.92 Å². The van der Waals surface area contributed by atoms with E-state index in [0.717, 1.165) is 5.06 Å². The lowest BCUT2D eigenvalue weighted by Crippen LogP contribution is -2.37. The largest absolute Gasteiger partial charge is 0.390 e. The number of nitrogens with zero attached hydrogens (tertiary/aromatic N) is 4. The summed E-state index contributed by atoms with van der Waals surface area (Å²) < 4.78 is 50.2. The average molecular weight is 455 g/mol. The number of alkyl halides is 3. The Hall–Kier alpha value is -1.85. The molecule has 0 fully saturated rings. The molecule has 1 aromatic heterocycles. The first-order valence-electron chi connectivity index (χ1n) is 8.83. The second-order valence-electron chi connectivity index (χ2n) is 6.51. The number of allylic oxidation sites excluding steroid dienone is 2. The maximum Gasteiger partial charge on any atom is 0.390 e. The van der Waals surface area contributed by atoms with Crippen LogP contribution in [0.5, 0.6) is 0 Å². The van der Waals surface area contributed by atoms with Crippen molar-refractivity contribution in [2.45, 2.75) is 26.4 Å². The highest BCUT2D eigenvalue weighted by molar-refractivity contribution is 7.85. The molecular weight excluding hydrogens is 433 g/mol. The van der Waals surface area contributed by atoms with Gasteiger partial charge in [0.25, 0.3) is 0 Å². The van der Waals surface area contributed by atoms with Crippen molar-refractivity contribution in [1.29, 1.82) is 0 Å². The van der Waals surface area contributed by atoms with E-state index in [1.54, 1.807) is 19.1 Å². The number of hydrogen-bond donors (Lipinski definition) is 1. The molecule has 0 aliphatic carbocycles. The summed E-state index contributed by atoms with van der Waals surface area (Å²) in [5, 5.41) is 14.8. The molecule has 2 unspecified atom stereocenters. The summed E-state index contributed by atoms with van der Waals surface area (Å²) in [5.74, 6) is -1.87. The lowest BCUT2D eigenvalue weighted by molar-refractivity contribution is -0.129. The number of hydroxylamine groups is 2. The molecular formula is C17H22ClF3N4O3S. The smallest absolute Gasteiger partial charge is 0.308 e. The average Bonchev–Trinajstić information content (AvgIpc) is 3.01. The van der Waals surface area contributed by atoms with Gasteiger partial charge in [0.2, 0.25) is 5.91 Å². The quantitative estimate of drug-likeness (QED) is 0.652. The highest BCUT2D eigenvalue weighted by atomic mass is 35.5. The summed E-state index contributed by atoms with van der Waals surface area (Å²) in [7, 11) is -1.77. The predicted molar refractivity (Wildman–Crippen MR) is 105 cm³/mol. The standard InChI is InChI=1S/C17H22ClF3N4O3S/c1-3-24(16(26)12(2)11-29(28)8-6-17(19,20)21)14-10-25(22-15(14)18)13-5-4-7-23(27)9-13/h4-5,7,10,12,27H,3,6,8-9,11H2,1-2H3. The molecule has 0 saturated heterocycles. The number of carbonyl (C=O) groups is 1. The molecule has 2 atom stereocenters. The molecule has 29 heavy (non-hydrogen) atoms. The van der Waals surface area contributed by atoms with E-state index in [9.17, 15) is 27.4 Å². The third kappa shape index (κ3) is 6.58. The summed E-state index contributed by atoms with van der Waals surface area (Å²) in [6.45, 7) is 3.65. The zero-order valence-corrected chi connectivity index (χ0v) is 17.5. The fraction of sp³-hybridized carbons (Fsp3) is 0.529. The second-order valence-corrected chi connectivity index (χ2v) is 8.49. The van der Waals surface area contributed by atoms with Gasteiger partial charge in [0.1, 0.15) is 5.69 Å². The minimum Gasteiger partial charge on any atom is -0.308 e. The SMILES string of the molecule is CCN(C(=O)C(C)CS(=O)CCC(F)(F)F)c1cn(C2=CC=CN(O)C2)nc1Cl. The highest BCUT2D eigenvalue weighted by Crippen LogP contribution is 2.28. The van der Waals surface area contributed by atoms with Crippen LogP contribution in [-0.4, -0.2) is 60.9 Å². The van der Waals surface area contributed by atoms with Gasteiger partial charge in [-0.25, -0.2) is 4.68 Å². The number of rotatable bonds is 8. The van der Waals surface area contributed by atoms with E-state index in [2.05, 4.69) is 5.10 Å².